The monoisotopic (exact) mass is 265 g/mol. The van der Waals surface area contributed by atoms with Crippen LogP contribution >= 0.6 is 0 Å². The fraction of sp³-hybridized carbons (Fsp3) is 0.417. The molecule has 0 saturated carbocycles. The number of nitro groups is 1. The fourth-order valence-electron chi connectivity index (χ4n) is 2.05. The smallest absolute Gasteiger partial charge is 0.292 e. The molecule has 1 aromatic rings. The van der Waals surface area contributed by atoms with Crippen molar-refractivity contribution in [2.24, 2.45) is 0 Å². The molecule has 3 N–H and O–H groups in total. The third kappa shape index (κ3) is 3.07. The lowest BCUT2D eigenvalue weighted by Crippen LogP contribution is -2.35. The molecule has 19 heavy (non-hydrogen) atoms. The summed E-state index contributed by atoms with van der Waals surface area (Å²) in [4.78, 5) is 22.3. The molecular weight excluding hydrogens is 250 g/mol. The Morgan fingerprint density at radius 2 is 2.32 bits per heavy atom. The lowest BCUT2D eigenvalue weighted by molar-refractivity contribution is -0.383. The second kappa shape index (κ2) is 5.33. The average molecular weight is 265 g/mol. The minimum atomic E-state index is -0.553. The van der Waals surface area contributed by atoms with Crippen molar-refractivity contribution < 1.29 is 14.8 Å². The number of aliphatic hydroxyl groups excluding tert-OH is 1. The van der Waals surface area contributed by atoms with Crippen LogP contribution in [0.3, 0.4) is 0 Å². The van der Waals surface area contributed by atoms with Gasteiger partial charge in [-0.15, -0.1) is 0 Å². The maximum Gasteiger partial charge on any atom is 0.292 e. The molecule has 2 unspecified atom stereocenters. The van der Waals surface area contributed by atoms with Gasteiger partial charge in [0.15, 0.2) is 0 Å². The van der Waals surface area contributed by atoms with Crippen molar-refractivity contribution in [3.63, 3.8) is 0 Å². The Morgan fingerprint density at radius 3 is 2.89 bits per heavy atom. The van der Waals surface area contributed by atoms with Crippen molar-refractivity contribution in [1.82, 2.24) is 5.32 Å². The molecular formula is C12H15N3O4. The van der Waals surface area contributed by atoms with Gasteiger partial charge in [0.05, 0.1) is 17.1 Å². The quantitative estimate of drug-likeness (QED) is 0.547. The molecule has 1 aliphatic rings. The molecule has 0 aromatic heterocycles. The summed E-state index contributed by atoms with van der Waals surface area (Å²) >= 11 is 0. The molecule has 7 nitrogen and oxygen atoms in total. The first-order chi connectivity index (χ1) is 8.97. The summed E-state index contributed by atoms with van der Waals surface area (Å²) in [5.41, 5.74) is 0.857. The number of nitrogens with zero attached hydrogens (tertiary/aromatic N) is 1. The topological polar surface area (TPSA) is 105 Å². The standard InChI is InChI=1S/C12H15N3O4/c1-7-2-3-11(15(18)19)9(4-7)14-12(17)10-5-8(16)6-13-10/h2-4,8,10,13,16H,5-6H2,1H3,(H,14,17). The zero-order valence-corrected chi connectivity index (χ0v) is 10.4. The SMILES string of the molecule is Cc1ccc([N+](=O)[O-])c(NC(=O)C2CC(O)CN2)c1. The minimum Gasteiger partial charge on any atom is -0.392 e. The van der Waals surface area contributed by atoms with Gasteiger partial charge in [-0.2, -0.15) is 0 Å². The third-order valence-corrected chi connectivity index (χ3v) is 3.03. The Labute approximate surface area is 109 Å². The number of hydrogen-bond acceptors (Lipinski definition) is 5. The van der Waals surface area contributed by atoms with Crippen LogP contribution in [0, 0.1) is 17.0 Å². The van der Waals surface area contributed by atoms with Crippen LogP contribution in [0.5, 0.6) is 0 Å². The maximum absolute atomic E-state index is 11.9. The molecule has 1 saturated heterocycles. The Balaban J connectivity index is 2.16. The first-order valence-electron chi connectivity index (χ1n) is 5.94. The molecule has 1 heterocycles. The summed E-state index contributed by atoms with van der Waals surface area (Å²) in [6, 6.07) is 4.02. The number of anilines is 1. The fourth-order valence-corrected chi connectivity index (χ4v) is 2.05. The number of amides is 1. The molecule has 0 radical (unpaired) electrons. The number of aliphatic hydroxyl groups is 1. The van der Waals surface area contributed by atoms with Crippen LogP contribution in [0.1, 0.15) is 12.0 Å². The Kier molecular flexibility index (Phi) is 3.77. The highest BCUT2D eigenvalue weighted by atomic mass is 16.6. The van der Waals surface area contributed by atoms with E-state index in [-0.39, 0.29) is 17.3 Å². The van der Waals surface area contributed by atoms with Crippen molar-refractivity contribution in [2.75, 3.05) is 11.9 Å². The normalized spacial score (nSPS) is 22.2. The van der Waals surface area contributed by atoms with E-state index in [1.165, 1.54) is 6.07 Å². The van der Waals surface area contributed by atoms with Crippen molar-refractivity contribution >= 4 is 17.3 Å². The summed E-state index contributed by atoms with van der Waals surface area (Å²) in [5, 5.41) is 25.6. The van der Waals surface area contributed by atoms with Gasteiger partial charge >= 0.3 is 0 Å². The summed E-state index contributed by atoms with van der Waals surface area (Å²) in [5.74, 6) is -0.370. The van der Waals surface area contributed by atoms with Crippen LogP contribution in [0.25, 0.3) is 0 Å². The van der Waals surface area contributed by atoms with Gasteiger partial charge in [-0.25, -0.2) is 0 Å². The molecule has 1 aliphatic heterocycles. The van der Waals surface area contributed by atoms with Crippen molar-refractivity contribution in [1.29, 1.82) is 0 Å². The van der Waals surface area contributed by atoms with E-state index in [4.69, 9.17) is 0 Å². The van der Waals surface area contributed by atoms with Crippen LogP contribution in [0.4, 0.5) is 11.4 Å². The first-order valence-corrected chi connectivity index (χ1v) is 5.94. The predicted molar refractivity (Wildman–Crippen MR) is 68.9 cm³/mol. The molecule has 2 rings (SSSR count). The van der Waals surface area contributed by atoms with Crippen LogP contribution in [-0.4, -0.2) is 34.6 Å². The molecule has 102 valence electrons. The molecule has 0 bridgehead atoms. The van der Waals surface area contributed by atoms with Crippen LogP contribution in [0.2, 0.25) is 0 Å². The van der Waals surface area contributed by atoms with Gasteiger partial charge in [-0.3, -0.25) is 14.9 Å². The van der Waals surface area contributed by atoms with Gasteiger partial charge in [0.1, 0.15) is 5.69 Å². The van der Waals surface area contributed by atoms with E-state index in [1.54, 1.807) is 19.1 Å². The number of carbonyl (C=O) groups excluding carboxylic acids is 1. The van der Waals surface area contributed by atoms with Gasteiger partial charge in [0.25, 0.3) is 5.69 Å². The number of benzene rings is 1. The number of β-amino-alcohol motifs (C(OH)–C–C–N with tert-alkyl or cyclic N) is 1. The zero-order chi connectivity index (χ0) is 14.0. The second-order valence-electron chi connectivity index (χ2n) is 4.62. The summed E-state index contributed by atoms with van der Waals surface area (Å²) < 4.78 is 0. The van der Waals surface area contributed by atoms with Crippen LogP contribution in [0.15, 0.2) is 18.2 Å². The van der Waals surface area contributed by atoms with E-state index in [2.05, 4.69) is 10.6 Å². The summed E-state index contributed by atoms with van der Waals surface area (Å²) in [6.45, 7) is 2.14. The number of rotatable bonds is 3. The molecule has 0 aliphatic carbocycles. The molecule has 1 fully saturated rings. The third-order valence-electron chi connectivity index (χ3n) is 3.03. The second-order valence-corrected chi connectivity index (χ2v) is 4.62. The van der Waals surface area contributed by atoms with Crippen LogP contribution in [-0.2, 0) is 4.79 Å². The van der Waals surface area contributed by atoms with E-state index in [9.17, 15) is 20.0 Å². The van der Waals surface area contributed by atoms with E-state index in [1.807, 2.05) is 0 Å². The lowest BCUT2D eigenvalue weighted by atomic mass is 10.1. The van der Waals surface area contributed by atoms with Gasteiger partial charge < -0.3 is 15.7 Å². The zero-order valence-electron chi connectivity index (χ0n) is 10.4. The predicted octanol–water partition coefficient (Wildman–Crippen LogP) is 0.565. The number of aryl methyl sites for hydroxylation is 1. The highest BCUT2D eigenvalue weighted by Crippen LogP contribution is 2.25. The number of nitrogens with one attached hydrogen (secondary N) is 2. The van der Waals surface area contributed by atoms with Gasteiger partial charge in [-0.1, -0.05) is 6.07 Å². The minimum absolute atomic E-state index is 0.141. The van der Waals surface area contributed by atoms with E-state index < -0.39 is 17.1 Å². The van der Waals surface area contributed by atoms with E-state index in [0.717, 1.165) is 5.56 Å². The number of hydrogen-bond donors (Lipinski definition) is 3. The molecule has 1 amide bonds. The van der Waals surface area contributed by atoms with Crippen molar-refractivity contribution in [3.05, 3.63) is 33.9 Å². The van der Waals surface area contributed by atoms with Gasteiger partial charge in [0.2, 0.25) is 5.91 Å². The lowest BCUT2D eigenvalue weighted by Gasteiger charge is -2.11. The van der Waals surface area contributed by atoms with E-state index >= 15 is 0 Å². The Bertz CT molecular complexity index is 518. The highest BCUT2D eigenvalue weighted by Gasteiger charge is 2.29. The molecule has 7 heteroatoms. The van der Waals surface area contributed by atoms with Crippen LogP contribution < -0.4 is 10.6 Å². The number of nitro benzene ring substituents is 1. The molecule has 0 spiro atoms. The largest absolute Gasteiger partial charge is 0.392 e. The molecule has 1 aromatic carbocycles. The summed E-state index contributed by atoms with van der Waals surface area (Å²) in [6.07, 6.45) is -0.242. The molecule has 2 atom stereocenters. The van der Waals surface area contributed by atoms with Crippen molar-refractivity contribution in [3.8, 4) is 0 Å². The number of carbonyl (C=O) groups is 1. The Hall–Kier alpha value is -1.99. The Morgan fingerprint density at radius 1 is 1.58 bits per heavy atom. The van der Waals surface area contributed by atoms with Gasteiger partial charge in [-0.05, 0) is 25.0 Å². The van der Waals surface area contributed by atoms with Gasteiger partial charge in [0, 0.05) is 12.6 Å². The van der Waals surface area contributed by atoms with Crippen molar-refractivity contribution in [2.45, 2.75) is 25.5 Å². The maximum atomic E-state index is 11.9. The first kappa shape index (κ1) is 13.4. The highest BCUT2D eigenvalue weighted by molar-refractivity contribution is 5.97. The average Bonchev–Trinajstić information content (AvgIpc) is 2.75. The van der Waals surface area contributed by atoms with E-state index in [0.29, 0.717) is 13.0 Å². The summed E-state index contributed by atoms with van der Waals surface area (Å²) in [7, 11) is 0.